The van der Waals surface area contributed by atoms with Crippen LogP contribution in [0.5, 0.6) is 0 Å². The lowest BCUT2D eigenvalue weighted by atomic mass is 10.4. The van der Waals surface area contributed by atoms with E-state index in [1.807, 2.05) is 0 Å². The van der Waals surface area contributed by atoms with Crippen molar-refractivity contribution in [1.29, 1.82) is 0 Å². The highest BCUT2D eigenvalue weighted by molar-refractivity contribution is 9.10. The molecule has 0 aliphatic rings. The number of aromatic nitrogens is 4. The standard InChI is InChI=1S/C11H14BrN5OS/c1-3-4-13-11-16-15-8(19-11)5-17-6-14-7(2)9(12)10(17)18/h6H,3-5H2,1-2H3,(H,13,16). The SMILES string of the molecule is CCCNc1nnc(Cn2cnc(C)c(Br)c2=O)s1. The van der Waals surface area contributed by atoms with Gasteiger partial charge in [-0.05, 0) is 29.3 Å². The van der Waals surface area contributed by atoms with Crippen LogP contribution in [0.2, 0.25) is 0 Å². The number of nitrogens with zero attached hydrogens (tertiary/aromatic N) is 4. The molecule has 0 saturated carbocycles. The van der Waals surface area contributed by atoms with Gasteiger partial charge >= 0.3 is 0 Å². The highest BCUT2D eigenvalue weighted by Crippen LogP contribution is 2.16. The van der Waals surface area contributed by atoms with Crippen LogP contribution < -0.4 is 10.9 Å². The van der Waals surface area contributed by atoms with E-state index in [1.54, 1.807) is 6.92 Å². The summed E-state index contributed by atoms with van der Waals surface area (Å²) in [6.45, 7) is 5.12. The van der Waals surface area contributed by atoms with Crippen molar-refractivity contribution in [2.45, 2.75) is 26.8 Å². The van der Waals surface area contributed by atoms with E-state index in [9.17, 15) is 4.79 Å². The van der Waals surface area contributed by atoms with E-state index in [0.717, 1.165) is 23.1 Å². The van der Waals surface area contributed by atoms with Crippen molar-refractivity contribution in [2.24, 2.45) is 0 Å². The lowest BCUT2D eigenvalue weighted by molar-refractivity contribution is 0.713. The van der Waals surface area contributed by atoms with Gasteiger partial charge in [-0.3, -0.25) is 9.36 Å². The molecule has 2 rings (SSSR count). The molecule has 0 amide bonds. The Balaban J connectivity index is 2.15. The number of rotatable bonds is 5. The molecular weight excluding hydrogens is 330 g/mol. The van der Waals surface area contributed by atoms with E-state index in [1.165, 1.54) is 22.2 Å². The van der Waals surface area contributed by atoms with E-state index < -0.39 is 0 Å². The lowest BCUT2D eigenvalue weighted by Gasteiger charge is -2.03. The predicted molar refractivity (Wildman–Crippen MR) is 78.7 cm³/mol. The van der Waals surface area contributed by atoms with Crippen LogP contribution in [0.15, 0.2) is 15.6 Å². The van der Waals surface area contributed by atoms with Crippen molar-refractivity contribution in [3.63, 3.8) is 0 Å². The zero-order valence-corrected chi connectivity index (χ0v) is 13.1. The summed E-state index contributed by atoms with van der Waals surface area (Å²) < 4.78 is 2.00. The lowest BCUT2D eigenvalue weighted by Crippen LogP contribution is -2.22. The fourth-order valence-electron chi connectivity index (χ4n) is 1.43. The largest absolute Gasteiger partial charge is 0.360 e. The summed E-state index contributed by atoms with van der Waals surface area (Å²) in [5.74, 6) is 0. The zero-order chi connectivity index (χ0) is 13.8. The van der Waals surface area contributed by atoms with Crippen LogP contribution in [0.3, 0.4) is 0 Å². The van der Waals surface area contributed by atoms with E-state index in [4.69, 9.17) is 0 Å². The van der Waals surface area contributed by atoms with Crippen LogP contribution in [0, 0.1) is 6.92 Å². The maximum absolute atomic E-state index is 12.0. The second-order valence-corrected chi connectivity index (χ2v) is 5.86. The fraction of sp³-hybridized carbons (Fsp3) is 0.455. The van der Waals surface area contributed by atoms with Gasteiger partial charge in [0, 0.05) is 6.54 Å². The molecule has 0 spiro atoms. The molecule has 2 aromatic heterocycles. The van der Waals surface area contributed by atoms with Crippen LogP contribution in [0.4, 0.5) is 5.13 Å². The third-order valence-electron chi connectivity index (χ3n) is 2.46. The first-order valence-electron chi connectivity index (χ1n) is 5.89. The van der Waals surface area contributed by atoms with Gasteiger partial charge in [0.15, 0.2) is 0 Å². The smallest absolute Gasteiger partial charge is 0.268 e. The van der Waals surface area contributed by atoms with Gasteiger partial charge in [0.25, 0.3) is 5.56 Å². The minimum atomic E-state index is -0.106. The van der Waals surface area contributed by atoms with Gasteiger partial charge in [-0.2, -0.15) is 0 Å². The first kappa shape index (κ1) is 14.1. The number of halogens is 1. The van der Waals surface area contributed by atoms with Gasteiger partial charge in [0.05, 0.1) is 18.6 Å². The maximum Gasteiger partial charge on any atom is 0.268 e. The third-order valence-corrected chi connectivity index (χ3v) is 4.23. The molecule has 8 heteroatoms. The second-order valence-electron chi connectivity index (χ2n) is 4.00. The maximum atomic E-state index is 12.0. The average Bonchev–Trinajstić information content (AvgIpc) is 2.85. The summed E-state index contributed by atoms with van der Waals surface area (Å²) in [5, 5.41) is 12.8. The van der Waals surface area contributed by atoms with Crippen LogP contribution >= 0.6 is 27.3 Å². The Morgan fingerprint density at radius 3 is 3.00 bits per heavy atom. The Morgan fingerprint density at radius 1 is 1.47 bits per heavy atom. The number of nitrogens with one attached hydrogen (secondary N) is 1. The molecule has 0 saturated heterocycles. The molecule has 6 nitrogen and oxygen atoms in total. The van der Waals surface area contributed by atoms with Crippen molar-refractivity contribution in [1.82, 2.24) is 19.7 Å². The van der Waals surface area contributed by atoms with Crippen molar-refractivity contribution in [2.75, 3.05) is 11.9 Å². The molecule has 0 aliphatic carbocycles. The molecule has 2 aromatic rings. The monoisotopic (exact) mass is 343 g/mol. The topological polar surface area (TPSA) is 72.7 Å². The van der Waals surface area contributed by atoms with E-state index in [2.05, 4.69) is 43.4 Å². The average molecular weight is 344 g/mol. The summed E-state index contributed by atoms with van der Waals surface area (Å²) >= 11 is 4.69. The molecule has 0 atom stereocenters. The molecule has 2 heterocycles. The molecule has 1 N–H and O–H groups in total. The second kappa shape index (κ2) is 6.25. The summed E-state index contributed by atoms with van der Waals surface area (Å²) in [6.07, 6.45) is 2.56. The van der Waals surface area contributed by atoms with Gasteiger partial charge < -0.3 is 5.32 Å². The number of hydrogen-bond donors (Lipinski definition) is 1. The molecule has 0 aliphatic heterocycles. The van der Waals surface area contributed by atoms with E-state index in [-0.39, 0.29) is 5.56 Å². The Bertz CT molecular complexity index is 624. The normalized spacial score (nSPS) is 10.7. The number of hydrogen-bond acceptors (Lipinski definition) is 6. The number of aryl methyl sites for hydroxylation is 1. The third kappa shape index (κ3) is 3.38. The van der Waals surface area contributed by atoms with Crippen molar-refractivity contribution in [3.05, 3.63) is 31.9 Å². The van der Waals surface area contributed by atoms with Gasteiger partial charge in [-0.1, -0.05) is 18.3 Å². The summed E-state index contributed by atoms with van der Waals surface area (Å²) in [7, 11) is 0. The van der Waals surface area contributed by atoms with E-state index in [0.29, 0.717) is 16.7 Å². The highest BCUT2D eigenvalue weighted by Gasteiger charge is 2.09. The van der Waals surface area contributed by atoms with E-state index >= 15 is 0 Å². The first-order valence-corrected chi connectivity index (χ1v) is 7.50. The van der Waals surface area contributed by atoms with Crippen LogP contribution in [-0.2, 0) is 6.54 Å². The van der Waals surface area contributed by atoms with Gasteiger partial charge in [-0.25, -0.2) is 4.98 Å². The van der Waals surface area contributed by atoms with Crippen molar-refractivity contribution >= 4 is 32.4 Å². The van der Waals surface area contributed by atoms with Crippen molar-refractivity contribution < 1.29 is 0 Å². The Labute approximate surface area is 123 Å². The molecule has 19 heavy (non-hydrogen) atoms. The van der Waals surface area contributed by atoms with Crippen molar-refractivity contribution in [3.8, 4) is 0 Å². The Morgan fingerprint density at radius 2 is 2.26 bits per heavy atom. The quantitative estimate of drug-likeness (QED) is 0.899. The van der Waals surface area contributed by atoms with Crippen LogP contribution in [0.25, 0.3) is 0 Å². The predicted octanol–water partition coefficient (Wildman–Crippen LogP) is 2.04. The molecule has 0 unspecified atom stereocenters. The highest BCUT2D eigenvalue weighted by atomic mass is 79.9. The van der Waals surface area contributed by atoms with Crippen LogP contribution in [0.1, 0.15) is 24.0 Å². The Kier molecular flexibility index (Phi) is 4.65. The fourth-order valence-corrected chi connectivity index (χ4v) is 2.52. The van der Waals surface area contributed by atoms with Gasteiger partial charge in [0.1, 0.15) is 9.48 Å². The zero-order valence-electron chi connectivity index (χ0n) is 10.7. The molecule has 0 bridgehead atoms. The molecular formula is C11H14BrN5OS. The molecule has 102 valence electrons. The molecule has 0 radical (unpaired) electrons. The summed E-state index contributed by atoms with van der Waals surface area (Å²) in [4.78, 5) is 16.1. The Hall–Kier alpha value is -1.28. The first-order chi connectivity index (χ1) is 9.11. The van der Waals surface area contributed by atoms with Gasteiger partial charge in [-0.15, -0.1) is 10.2 Å². The minimum absolute atomic E-state index is 0.106. The minimum Gasteiger partial charge on any atom is -0.360 e. The van der Waals surface area contributed by atoms with Crippen LogP contribution in [-0.4, -0.2) is 26.3 Å². The molecule has 0 aromatic carbocycles. The number of anilines is 1. The van der Waals surface area contributed by atoms with Gasteiger partial charge in [0.2, 0.25) is 5.13 Å². The summed E-state index contributed by atoms with van der Waals surface area (Å²) in [6, 6.07) is 0. The summed E-state index contributed by atoms with van der Waals surface area (Å²) in [5.41, 5.74) is 0.578. The molecule has 0 fully saturated rings.